The summed E-state index contributed by atoms with van der Waals surface area (Å²) >= 11 is 0. The summed E-state index contributed by atoms with van der Waals surface area (Å²) in [5, 5.41) is 13.1. The van der Waals surface area contributed by atoms with Crippen molar-refractivity contribution in [2.75, 3.05) is 6.61 Å². The average molecular weight is 259 g/mol. The topological polar surface area (TPSA) is 90.9 Å². The van der Waals surface area contributed by atoms with Gasteiger partial charge in [0.15, 0.2) is 0 Å². The van der Waals surface area contributed by atoms with Gasteiger partial charge in [-0.2, -0.15) is 0 Å². The SMILES string of the molecule is CC(c1ccc(C#CCO)cc1)n1c(=O)[nH][nH]c1=O. The molecular formula is C13H13N3O3. The van der Waals surface area contributed by atoms with Crippen LogP contribution in [0, 0.1) is 11.8 Å². The quantitative estimate of drug-likeness (QED) is 0.653. The van der Waals surface area contributed by atoms with Crippen LogP contribution >= 0.6 is 0 Å². The van der Waals surface area contributed by atoms with Crippen LogP contribution in [-0.2, 0) is 0 Å². The van der Waals surface area contributed by atoms with Crippen LogP contribution in [0.5, 0.6) is 0 Å². The molecule has 0 radical (unpaired) electrons. The van der Waals surface area contributed by atoms with Crippen LogP contribution in [0.1, 0.15) is 24.1 Å². The molecule has 0 saturated carbocycles. The predicted molar refractivity (Wildman–Crippen MR) is 69.9 cm³/mol. The number of rotatable bonds is 2. The van der Waals surface area contributed by atoms with Crippen LogP contribution in [0.15, 0.2) is 33.9 Å². The molecule has 0 saturated heterocycles. The zero-order chi connectivity index (χ0) is 13.8. The molecule has 1 heterocycles. The Morgan fingerprint density at radius 2 is 1.79 bits per heavy atom. The summed E-state index contributed by atoms with van der Waals surface area (Å²) in [6, 6.07) is 6.78. The van der Waals surface area contributed by atoms with Crippen LogP contribution in [0.4, 0.5) is 0 Å². The highest BCUT2D eigenvalue weighted by molar-refractivity contribution is 5.37. The van der Waals surface area contributed by atoms with Gasteiger partial charge in [0.2, 0.25) is 0 Å². The van der Waals surface area contributed by atoms with E-state index in [1.807, 2.05) is 0 Å². The molecule has 1 aromatic carbocycles. The molecular weight excluding hydrogens is 246 g/mol. The van der Waals surface area contributed by atoms with E-state index >= 15 is 0 Å². The van der Waals surface area contributed by atoms with Gasteiger partial charge in [-0.3, -0.25) is 0 Å². The number of aliphatic hydroxyl groups is 1. The zero-order valence-corrected chi connectivity index (χ0v) is 10.3. The van der Waals surface area contributed by atoms with E-state index in [4.69, 9.17) is 5.11 Å². The highest BCUT2D eigenvalue weighted by atomic mass is 16.2. The zero-order valence-electron chi connectivity index (χ0n) is 10.3. The molecule has 0 aliphatic heterocycles. The van der Waals surface area contributed by atoms with Gasteiger partial charge in [-0.05, 0) is 24.6 Å². The summed E-state index contributed by atoms with van der Waals surface area (Å²) in [6.45, 7) is 1.57. The third kappa shape index (κ3) is 2.67. The van der Waals surface area contributed by atoms with Gasteiger partial charge in [-0.15, -0.1) is 0 Å². The molecule has 0 spiro atoms. The highest BCUT2D eigenvalue weighted by Crippen LogP contribution is 2.14. The number of aromatic amines is 2. The predicted octanol–water partition coefficient (Wildman–Crippen LogP) is -0.182. The van der Waals surface area contributed by atoms with Crippen LogP contribution in [0.25, 0.3) is 0 Å². The normalized spacial score (nSPS) is 11.7. The molecule has 0 fully saturated rings. The second kappa shape index (κ2) is 5.42. The van der Waals surface area contributed by atoms with Crippen LogP contribution < -0.4 is 11.4 Å². The van der Waals surface area contributed by atoms with E-state index in [-0.39, 0.29) is 12.6 Å². The molecule has 6 heteroatoms. The number of nitrogens with one attached hydrogen (secondary N) is 2. The number of hydrogen-bond donors (Lipinski definition) is 3. The first-order valence-electron chi connectivity index (χ1n) is 5.72. The largest absolute Gasteiger partial charge is 0.384 e. The highest BCUT2D eigenvalue weighted by Gasteiger charge is 2.13. The van der Waals surface area contributed by atoms with Crippen molar-refractivity contribution in [1.29, 1.82) is 0 Å². The van der Waals surface area contributed by atoms with E-state index in [9.17, 15) is 9.59 Å². The Labute approximate surface area is 108 Å². The van der Waals surface area contributed by atoms with Crippen molar-refractivity contribution < 1.29 is 5.11 Å². The van der Waals surface area contributed by atoms with E-state index in [1.54, 1.807) is 31.2 Å². The molecule has 0 bridgehead atoms. The Morgan fingerprint density at radius 3 is 2.32 bits per heavy atom. The first-order chi connectivity index (χ1) is 9.13. The van der Waals surface area contributed by atoms with Crippen molar-refractivity contribution in [3.8, 4) is 11.8 Å². The van der Waals surface area contributed by atoms with Gasteiger partial charge < -0.3 is 5.11 Å². The molecule has 1 aromatic heterocycles. The second-order valence-corrected chi connectivity index (χ2v) is 3.99. The van der Waals surface area contributed by atoms with Gasteiger partial charge >= 0.3 is 11.4 Å². The maximum atomic E-state index is 11.5. The Kier molecular flexibility index (Phi) is 3.68. The summed E-state index contributed by atoms with van der Waals surface area (Å²) < 4.78 is 1.11. The maximum absolute atomic E-state index is 11.5. The van der Waals surface area contributed by atoms with E-state index in [0.29, 0.717) is 0 Å². The van der Waals surface area contributed by atoms with Crippen LogP contribution in [-0.4, -0.2) is 26.5 Å². The van der Waals surface area contributed by atoms with Gasteiger partial charge in [0.25, 0.3) is 0 Å². The molecule has 0 amide bonds. The van der Waals surface area contributed by atoms with Crippen molar-refractivity contribution in [1.82, 2.24) is 14.8 Å². The third-order valence-electron chi connectivity index (χ3n) is 2.81. The number of hydrogen-bond acceptors (Lipinski definition) is 3. The molecule has 6 nitrogen and oxygen atoms in total. The molecule has 0 aliphatic carbocycles. The summed E-state index contributed by atoms with van der Waals surface area (Å²) in [6.07, 6.45) is 0. The molecule has 2 aromatic rings. The van der Waals surface area contributed by atoms with Gasteiger partial charge in [0.05, 0.1) is 6.04 Å². The summed E-state index contributed by atoms with van der Waals surface area (Å²) in [4.78, 5) is 23.0. The lowest BCUT2D eigenvalue weighted by Crippen LogP contribution is -2.30. The standard InChI is InChI=1S/C13H13N3O3/c1-9(16-12(18)14-15-13(16)19)11-6-4-10(5-7-11)3-2-8-17/h4-7,9,17H,8H2,1H3,(H,14,18)(H,15,19). The van der Waals surface area contributed by atoms with E-state index in [2.05, 4.69) is 22.0 Å². The lowest BCUT2D eigenvalue weighted by Gasteiger charge is -2.10. The first-order valence-corrected chi connectivity index (χ1v) is 5.72. The minimum absolute atomic E-state index is 0.188. The fourth-order valence-electron chi connectivity index (χ4n) is 1.81. The summed E-state index contributed by atoms with van der Waals surface area (Å²) in [5.74, 6) is 5.32. The average Bonchev–Trinajstić information content (AvgIpc) is 2.76. The van der Waals surface area contributed by atoms with Crippen molar-refractivity contribution >= 4 is 0 Å². The fourth-order valence-corrected chi connectivity index (χ4v) is 1.81. The third-order valence-corrected chi connectivity index (χ3v) is 2.81. The van der Waals surface area contributed by atoms with Crippen LogP contribution in [0.2, 0.25) is 0 Å². The van der Waals surface area contributed by atoms with E-state index in [1.165, 1.54) is 0 Å². The van der Waals surface area contributed by atoms with Crippen molar-refractivity contribution in [2.24, 2.45) is 0 Å². The first kappa shape index (κ1) is 12.9. The van der Waals surface area contributed by atoms with Crippen LogP contribution in [0.3, 0.4) is 0 Å². The summed E-state index contributed by atoms with van der Waals surface area (Å²) in [7, 11) is 0. The molecule has 1 atom stereocenters. The fraction of sp³-hybridized carbons (Fsp3) is 0.231. The summed E-state index contributed by atoms with van der Waals surface area (Å²) in [5.41, 5.74) is 0.644. The molecule has 3 N–H and O–H groups in total. The number of aromatic nitrogens is 3. The second-order valence-electron chi connectivity index (χ2n) is 3.99. The molecule has 2 rings (SSSR count). The van der Waals surface area contributed by atoms with Gasteiger partial charge in [0.1, 0.15) is 6.61 Å². The van der Waals surface area contributed by atoms with E-state index < -0.39 is 11.4 Å². The lowest BCUT2D eigenvalue weighted by atomic mass is 10.1. The van der Waals surface area contributed by atoms with Gasteiger partial charge in [0, 0.05) is 5.56 Å². The van der Waals surface area contributed by atoms with Gasteiger partial charge in [-0.25, -0.2) is 24.4 Å². The number of H-pyrrole nitrogens is 2. The van der Waals surface area contributed by atoms with Gasteiger partial charge in [-0.1, -0.05) is 24.0 Å². The maximum Gasteiger partial charge on any atom is 0.344 e. The molecule has 0 aliphatic rings. The molecule has 98 valence electrons. The Hall–Kier alpha value is -2.52. The molecule has 1 unspecified atom stereocenters. The van der Waals surface area contributed by atoms with Crippen molar-refractivity contribution in [3.05, 3.63) is 56.4 Å². The van der Waals surface area contributed by atoms with E-state index in [0.717, 1.165) is 15.7 Å². The van der Waals surface area contributed by atoms with Crippen molar-refractivity contribution in [2.45, 2.75) is 13.0 Å². The minimum Gasteiger partial charge on any atom is -0.384 e. The number of aliphatic hydroxyl groups excluding tert-OH is 1. The number of nitrogens with zero attached hydrogens (tertiary/aromatic N) is 1. The molecule has 19 heavy (non-hydrogen) atoms. The van der Waals surface area contributed by atoms with Crippen molar-refractivity contribution in [3.63, 3.8) is 0 Å². The Balaban J connectivity index is 2.33. The minimum atomic E-state index is -0.471. The Morgan fingerprint density at radius 1 is 1.21 bits per heavy atom. The smallest absolute Gasteiger partial charge is 0.344 e. The Bertz CT molecular complexity index is 698. The monoisotopic (exact) mass is 259 g/mol. The number of benzene rings is 1. The lowest BCUT2D eigenvalue weighted by molar-refractivity contribution is 0.350.